The Hall–Kier alpha value is -4.59. The van der Waals surface area contributed by atoms with Gasteiger partial charge in [0.15, 0.2) is 0 Å². The van der Waals surface area contributed by atoms with Gasteiger partial charge in [0.05, 0.1) is 13.2 Å². The molecule has 0 aliphatic rings. The van der Waals surface area contributed by atoms with Crippen molar-refractivity contribution in [2.24, 2.45) is 0 Å². The topological polar surface area (TPSA) is 85.2 Å². The Balaban J connectivity index is 1.41. The average molecular weight is 563 g/mol. The maximum absolute atomic E-state index is 14.2. The second-order valence-electron chi connectivity index (χ2n) is 9.35. The summed E-state index contributed by atoms with van der Waals surface area (Å²) in [5, 5.41) is 20.3. The van der Waals surface area contributed by atoms with E-state index in [0.717, 1.165) is 18.1 Å². The summed E-state index contributed by atoms with van der Waals surface area (Å²) >= 11 is 0. The first kappa shape index (κ1) is 29.4. The normalized spacial score (nSPS) is 10.8. The van der Waals surface area contributed by atoms with Gasteiger partial charge in [-0.25, -0.2) is 13.6 Å². The molecule has 8 heteroatoms. The predicted octanol–water partition coefficient (Wildman–Crippen LogP) is 8.19. The highest BCUT2D eigenvalue weighted by Crippen LogP contribution is 2.38. The Kier molecular flexibility index (Phi) is 9.79. The SMILES string of the molecule is CCCc1c(OCCCOc2ccc(-c3ccc(F)cc3)c(O)c2CC)cccc1Oc1cccc(F)c1C(=O)O. The number of halogens is 2. The first-order valence-corrected chi connectivity index (χ1v) is 13.5. The average Bonchev–Trinajstić information content (AvgIpc) is 2.95. The van der Waals surface area contributed by atoms with Crippen LogP contribution in [0.1, 0.15) is 48.2 Å². The zero-order valence-corrected chi connectivity index (χ0v) is 23.0. The fourth-order valence-corrected chi connectivity index (χ4v) is 4.57. The summed E-state index contributed by atoms with van der Waals surface area (Å²) in [5.74, 6) is -1.03. The highest BCUT2D eigenvalue weighted by molar-refractivity contribution is 5.91. The van der Waals surface area contributed by atoms with Crippen molar-refractivity contribution in [3.05, 3.63) is 101 Å². The Morgan fingerprint density at radius 2 is 1.41 bits per heavy atom. The van der Waals surface area contributed by atoms with Crippen molar-refractivity contribution in [3.8, 4) is 39.9 Å². The number of benzene rings is 4. The summed E-state index contributed by atoms with van der Waals surface area (Å²) in [7, 11) is 0. The number of ether oxygens (including phenoxy) is 3. The molecule has 6 nitrogen and oxygen atoms in total. The molecule has 0 spiro atoms. The van der Waals surface area contributed by atoms with Crippen LogP contribution in [-0.4, -0.2) is 29.4 Å². The number of carboxylic acids is 1. The maximum Gasteiger partial charge on any atom is 0.342 e. The number of hydrogen-bond acceptors (Lipinski definition) is 5. The van der Waals surface area contributed by atoms with Gasteiger partial charge in [0.25, 0.3) is 0 Å². The monoisotopic (exact) mass is 562 g/mol. The fourth-order valence-electron chi connectivity index (χ4n) is 4.57. The molecule has 0 aromatic heterocycles. The molecule has 0 saturated carbocycles. The minimum atomic E-state index is -1.41. The Morgan fingerprint density at radius 3 is 2.07 bits per heavy atom. The van der Waals surface area contributed by atoms with Gasteiger partial charge in [0, 0.05) is 23.1 Å². The van der Waals surface area contributed by atoms with Crippen LogP contribution in [0.15, 0.2) is 72.8 Å². The second-order valence-corrected chi connectivity index (χ2v) is 9.35. The van der Waals surface area contributed by atoms with Gasteiger partial charge in [-0.05, 0) is 66.9 Å². The minimum absolute atomic E-state index is 0.0826. The van der Waals surface area contributed by atoms with Gasteiger partial charge >= 0.3 is 5.97 Å². The highest BCUT2D eigenvalue weighted by Gasteiger charge is 2.20. The lowest BCUT2D eigenvalue weighted by molar-refractivity contribution is 0.0689. The lowest BCUT2D eigenvalue weighted by Gasteiger charge is -2.17. The molecule has 0 heterocycles. The lowest BCUT2D eigenvalue weighted by Crippen LogP contribution is -2.08. The second kappa shape index (κ2) is 13.7. The molecule has 214 valence electrons. The molecule has 4 rings (SSSR count). The van der Waals surface area contributed by atoms with Gasteiger partial charge < -0.3 is 24.4 Å². The summed E-state index contributed by atoms with van der Waals surface area (Å²) in [5.41, 5.74) is 2.22. The Labute approximate surface area is 237 Å². The third kappa shape index (κ3) is 6.95. The zero-order chi connectivity index (χ0) is 29.4. The van der Waals surface area contributed by atoms with Gasteiger partial charge in [-0.1, -0.05) is 44.5 Å². The molecule has 0 amide bonds. The maximum atomic E-state index is 14.2. The largest absolute Gasteiger partial charge is 0.507 e. The molecule has 0 aliphatic heterocycles. The van der Waals surface area contributed by atoms with E-state index in [4.69, 9.17) is 14.2 Å². The molecule has 0 fully saturated rings. The minimum Gasteiger partial charge on any atom is -0.507 e. The molecule has 0 atom stereocenters. The Bertz CT molecular complexity index is 1500. The van der Waals surface area contributed by atoms with Crippen molar-refractivity contribution in [1.29, 1.82) is 0 Å². The van der Waals surface area contributed by atoms with Crippen molar-refractivity contribution in [3.63, 3.8) is 0 Å². The van der Waals surface area contributed by atoms with E-state index in [1.807, 2.05) is 19.9 Å². The molecule has 4 aromatic carbocycles. The van der Waals surface area contributed by atoms with E-state index in [0.29, 0.717) is 66.4 Å². The summed E-state index contributed by atoms with van der Waals surface area (Å²) in [6.45, 7) is 4.60. The lowest BCUT2D eigenvalue weighted by atomic mass is 9.99. The van der Waals surface area contributed by atoms with Crippen molar-refractivity contribution in [1.82, 2.24) is 0 Å². The van der Waals surface area contributed by atoms with Crippen molar-refractivity contribution in [2.45, 2.75) is 39.5 Å². The molecular weight excluding hydrogens is 530 g/mol. The molecule has 0 saturated heterocycles. The smallest absolute Gasteiger partial charge is 0.342 e. The van der Waals surface area contributed by atoms with Crippen LogP contribution < -0.4 is 14.2 Å². The van der Waals surface area contributed by atoms with E-state index in [-0.39, 0.29) is 17.3 Å². The zero-order valence-electron chi connectivity index (χ0n) is 23.0. The first-order chi connectivity index (χ1) is 19.8. The summed E-state index contributed by atoms with van der Waals surface area (Å²) in [4.78, 5) is 11.6. The number of rotatable bonds is 13. The van der Waals surface area contributed by atoms with Crippen molar-refractivity contribution >= 4 is 5.97 Å². The number of hydrogen-bond donors (Lipinski definition) is 2. The van der Waals surface area contributed by atoms with Crippen LogP contribution in [0.3, 0.4) is 0 Å². The third-order valence-electron chi connectivity index (χ3n) is 6.55. The molecular formula is C33H32F2O6. The first-order valence-electron chi connectivity index (χ1n) is 13.5. The van der Waals surface area contributed by atoms with Crippen molar-refractivity contribution < 1.29 is 38.0 Å². The van der Waals surface area contributed by atoms with Crippen LogP contribution in [0.5, 0.6) is 28.7 Å². The number of carbonyl (C=O) groups is 1. The van der Waals surface area contributed by atoms with Gasteiger partial charge in [0.2, 0.25) is 0 Å². The predicted molar refractivity (Wildman–Crippen MR) is 152 cm³/mol. The summed E-state index contributed by atoms with van der Waals surface area (Å²) < 4.78 is 45.4. The van der Waals surface area contributed by atoms with Crippen LogP contribution in [-0.2, 0) is 12.8 Å². The quantitative estimate of drug-likeness (QED) is 0.160. The van der Waals surface area contributed by atoms with E-state index < -0.39 is 17.3 Å². The van der Waals surface area contributed by atoms with E-state index in [9.17, 15) is 23.8 Å². The molecule has 0 aliphatic carbocycles. The van der Waals surface area contributed by atoms with Crippen LogP contribution in [0.25, 0.3) is 11.1 Å². The summed E-state index contributed by atoms with van der Waals surface area (Å²) in [6, 6.07) is 18.7. The summed E-state index contributed by atoms with van der Waals surface area (Å²) in [6.07, 6.45) is 2.49. The number of aromatic hydroxyl groups is 1. The Morgan fingerprint density at radius 1 is 0.780 bits per heavy atom. The van der Waals surface area contributed by atoms with Gasteiger partial charge in [-0.2, -0.15) is 0 Å². The highest BCUT2D eigenvalue weighted by atomic mass is 19.1. The number of phenolic OH excluding ortho intramolecular Hbond substituents is 1. The third-order valence-corrected chi connectivity index (χ3v) is 6.55. The van der Waals surface area contributed by atoms with Gasteiger partial charge in [-0.3, -0.25) is 0 Å². The molecule has 0 radical (unpaired) electrons. The van der Waals surface area contributed by atoms with Gasteiger partial charge in [0.1, 0.15) is 45.9 Å². The van der Waals surface area contributed by atoms with Crippen LogP contribution >= 0.6 is 0 Å². The fraction of sp³-hybridized carbons (Fsp3) is 0.242. The van der Waals surface area contributed by atoms with E-state index >= 15 is 0 Å². The number of carboxylic acid groups (broad SMARTS) is 1. The molecule has 0 bridgehead atoms. The van der Waals surface area contributed by atoms with Crippen molar-refractivity contribution in [2.75, 3.05) is 13.2 Å². The van der Waals surface area contributed by atoms with E-state index in [1.165, 1.54) is 24.3 Å². The molecule has 2 N–H and O–H groups in total. The number of phenols is 1. The number of aromatic carboxylic acids is 1. The molecule has 4 aromatic rings. The van der Waals surface area contributed by atoms with Gasteiger partial charge in [-0.15, -0.1) is 0 Å². The standard InChI is InChI=1S/C33H32F2O6/c1-3-8-25-27(10-6-11-29(25)41-30-12-5-9-26(35)31(30)33(37)38)39-19-7-20-40-28-18-17-24(32(36)23(28)4-2)21-13-15-22(34)16-14-21/h5-6,9-18,36H,3-4,7-8,19-20H2,1-2H3,(H,37,38). The van der Waals surface area contributed by atoms with Crippen LogP contribution in [0.2, 0.25) is 0 Å². The van der Waals surface area contributed by atoms with Crippen LogP contribution in [0.4, 0.5) is 8.78 Å². The van der Waals surface area contributed by atoms with Crippen LogP contribution in [0, 0.1) is 11.6 Å². The molecule has 0 unspecified atom stereocenters. The molecule has 41 heavy (non-hydrogen) atoms. The van der Waals surface area contributed by atoms with E-state index in [2.05, 4.69) is 0 Å². The van der Waals surface area contributed by atoms with E-state index in [1.54, 1.807) is 36.4 Å².